The van der Waals surface area contributed by atoms with Crippen molar-refractivity contribution < 1.29 is 8.78 Å². The molecule has 1 nitrogen and oxygen atoms in total. The molecule has 0 aromatic heterocycles. The van der Waals surface area contributed by atoms with Gasteiger partial charge in [0.15, 0.2) is 0 Å². The lowest BCUT2D eigenvalue weighted by Gasteiger charge is -2.38. The Bertz CT molecular complexity index is 624. The first-order valence-electron chi connectivity index (χ1n) is 11.0. The van der Waals surface area contributed by atoms with E-state index < -0.39 is 17.2 Å². The van der Waals surface area contributed by atoms with Crippen LogP contribution in [0.1, 0.15) is 88.7 Å². The van der Waals surface area contributed by atoms with E-state index in [0.717, 1.165) is 24.2 Å². The Hall–Kier alpha value is -1.43. The van der Waals surface area contributed by atoms with Crippen LogP contribution in [-0.4, -0.2) is 0 Å². The molecule has 2 aliphatic carbocycles. The zero-order valence-corrected chi connectivity index (χ0v) is 16.7. The summed E-state index contributed by atoms with van der Waals surface area (Å²) < 4.78 is 27.5. The van der Waals surface area contributed by atoms with Crippen LogP contribution < -0.4 is 0 Å². The zero-order valence-electron chi connectivity index (χ0n) is 16.7. The zero-order chi connectivity index (χ0) is 19.2. The monoisotopic (exact) mass is 373 g/mol. The average Bonchev–Trinajstić information content (AvgIpc) is 2.67. The third kappa shape index (κ3) is 5.31. The summed E-state index contributed by atoms with van der Waals surface area (Å²) in [6, 6.07) is 4.26. The van der Waals surface area contributed by atoms with Crippen molar-refractivity contribution in [3.63, 3.8) is 0 Å². The smallest absolute Gasteiger partial charge is 0.144 e. The number of hydrogen-bond donors (Lipinski definition) is 0. The molecule has 0 N–H and O–H groups in total. The van der Waals surface area contributed by atoms with E-state index in [1.165, 1.54) is 76.3 Å². The van der Waals surface area contributed by atoms with Crippen LogP contribution in [0.5, 0.6) is 0 Å². The number of nitriles is 1. The third-order valence-corrected chi connectivity index (χ3v) is 7.20. The van der Waals surface area contributed by atoms with Crippen LogP contribution in [0.3, 0.4) is 0 Å². The summed E-state index contributed by atoms with van der Waals surface area (Å²) in [5.74, 6) is 2.06. The van der Waals surface area contributed by atoms with Gasteiger partial charge in [-0.25, -0.2) is 8.78 Å². The van der Waals surface area contributed by atoms with Crippen molar-refractivity contribution in [2.75, 3.05) is 0 Å². The highest BCUT2D eigenvalue weighted by molar-refractivity contribution is 5.35. The van der Waals surface area contributed by atoms with Gasteiger partial charge in [-0.05, 0) is 79.9 Å². The van der Waals surface area contributed by atoms with E-state index in [0.29, 0.717) is 17.9 Å². The number of nitrogens with zero attached hydrogens (tertiary/aromatic N) is 1. The quantitative estimate of drug-likeness (QED) is 0.518. The Morgan fingerprint density at radius 2 is 1.33 bits per heavy atom. The first-order valence-corrected chi connectivity index (χ1v) is 11.0. The van der Waals surface area contributed by atoms with Gasteiger partial charge in [0, 0.05) is 0 Å². The summed E-state index contributed by atoms with van der Waals surface area (Å²) >= 11 is 0. The lowest BCUT2D eigenvalue weighted by atomic mass is 9.68. The molecule has 1 aromatic rings. The summed E-state index contributed by atoms with van der Waals surface area (Å²) in [7, 11) is 0. The predicted molar refractivity (Wildman–Crippen MR) is 105 cm³/mol. The highest BCUT2D eigenvalue weighted by atomic mass is 19.1. The van der Waals surface area contributed by atoms with Gasteiger partial charge in [-0.3, -0.25) is 0 Å². The molecule has 0 bridgehead atoms. The maximum absolute atomic E-state index is 13.7. The minimum absolute atomic E-state index is 0.465. The van der Waals surface area contributed by atoms with Gasteiger partial charge in [0.25, 0.3) is 0 Å². The lowest BCUT2D eigenvalue weighted by Crippen LogP contribution is -2.26. The lowest BCUT2D eigenvalue weighted by molar-refractivity contribution is 0.141. The first-order chi connectivity index (χ1) is 13.1. The van der Waals surface area contributed by atoms with E-state index in [2.05, 4.69) is 6.92 Å². The summed E-state index contributed by atoms with van der Waals surface area (Å²) in [6.45, 7) is 2.30. The van der Waals surface area contributed by atoms with E-state index in [4.69, 9.17) is 5.26 Å². The van der Waals surface area contributed by atoms with Crippen LogP contribution in [0.2, 0.25) is 0 Å². The molecule has 0 heterocycles. The van der Waals surface area contributed by atoms with E-state index >= 15 is 0 Å². The fraction of sp³-hybridized carbons (Fsp3) is 0.708. The van der Waals surface area contributed by atoms with Gasteiger partial charge in [0.1, 0.15) is 23.3 Å². The maximum atomic E-state index is 13.7. The number of halogens is 2. The Morgan fingerprint density at radius 3 is 1.78 bits per heavy atom. The minimum Gasteiger partial charge on any atom is -0.205 e. The minimum atomic E-state index is -0.727. The topological polar surface area (TPSA) is 23.8 Å². The van der Waals surface area contributed by atoms with Crippen molar-refractivity contribution in [2.45, 2.75) is 84.0 Å². The second-order valence-electron chi connectivity index (χ2n) is 8.94. The number of aryl methyl sites for hydroxylation is 1. The molecule has 27 heavy (non-hydrogen) atoms. The largest absolute Gasteiger partial charge is 0.205 e. The molecule has 0 radical (unpaired) electrons. The molecule has 0 saturated heterocycles. The summed E-state index contributed by atoms with van der Waals surface area (Å²) in [5.41, 5.74) is 0.216. The van der Waals surface area contributed by atoms with Gasteiger partial charge < -0.3 is 0 Å². The van der Waals surface area contributed by atoms with Crippen LogP contribution in [0.4, 0.5) is 8.78 Å². The molecule has 0 unspecified atom stereocenters. The highest BCUT2D eigenvalue weighted by Gasteiger charge is 2.30. The van der Waals surface area contributed by atoms with Gasteiger partial charge in [-0.1, -0.05) is 45.4 Å². The van der Waals surface area contributed by atoms with Crippen molar-refractivity contribution in [3.8, 4) is 6.07 Å². The molecule has 1 aromatic carbocycles. The van der Waals surface area contributed by atoms with Gasteiger partial charge in [-0.15, -0.1) is 0 Å². The first kappa shape index (κ1) is 20.3. The van der Waals surface area contributed by atoms with Crippen molar-refractivity contribution in [3.05, 3.63) is 34.9 Å². The SMILES string of the molecule is CCC[C@H]1CC[C@H]([C@H]2CC[C@H](CCc3cc(F)c(C#N)c(F)c3)CC2)CC1. The Labute approximate surface area is 163 Å². The normalized spacial score (nSPS) is 28.7. The summed E-state index contributed by atoms with van der Waals surface area (Å²) in [4.78, 5) is 0. The van der Waals surface area contributed by atoms with Crippen molar-refractivity contribution in [1.29, 1.82) is 5.26 Å². The molecule has 0 amide bonds. The van der Waals surface area contributed by atoms with Crippen LogP contribution in [-0.2, 0) is 6.42 Å². The number of rotatable bonds is 6. The van der Waals surface area contributed by atoms with Crippen molar-refractivity contribution >= 4 is 0 Å². The number of benzene rings is 1. The van der Waals surface area contributed by atoms with Gasteiger partial charge in [0.05, 0.1) is 0 Å². The van der Waals surface area contributed by atoms with Crippen LogP contribution >= 0.6 is 0 Å². The van der Waals surface area contributed by atoms with Crippen LogP contribution in [0.15, 0.2) is 12.1 Å². The van der Waals surface area contributed by atoms with E-state index in [1.807, 2.05) is 0 Å². The van der Waals surface area contributed by atoms with Gasteiger partial charge >= 0.3 is 0 Å². The van der Waals surface area contributed by atoms with E-state index in [-0.39, 0.29) is 0 Å². The number of hydrogen-bond acceptors (Lipinski definition) is 1. The highest BCUT2D eigenvalue weighted by Crippen LogP contribution is 2.43. The van der Waals surface area contributed by atoms with Gasteiger partial charge in [-0.2, -0.15) is 5.26 Å². The predicted octanol–water partition coefficient (Wildman–Crippen LogP) is 7.18. The van der Waals surface area contributed by atoms with Crippen LogP contribution in [0, 0.1) is 46.6 Å². The molecule has 2 fully saturated rings. The van der Waals surface area contributed by atoms with Crippen molar-refractivity contribution in [2.24, 2.45) is 23.7 Å². The van der Waals surface area contributed by atoms with Gasteiger partial charge in [0.2, 0.25) is 0 Å². The van der Waals surface area contributed by atoms with E-state index in [9.17, 15) is 8.78 Å². The average molecular weight is 374 g/mol. The summed E-state index contributed by atoms with van der Waals surface area (Å²) in [6.07, 6.45) is 15.4. The molecule has 0 atom stereocenters. The Kier molecular flexibility index (Phi) is 7.27. The fourth-order valence-electron chi connectivity index (χ4n) is 5.55. The maximum Gasteiger partial charge on any atom is 0.144 e. The molecular weight excluding hydrogens is 340 g/mol. The third-order valence-electron chi connectivity index (χ3n) is 7.20. The second-order valence-corrected chi connectivity index (χ2v) is 8.94. The molecule has 3 rings (SSSR count). The van der Waals surface area contributed by atoms with Crippen molar-refractivity contribution in [1.82, 2.24) is 0 Å². The second kappa shape index (κ2) is 9.67. The van der Waals surface area contributed by atoms with E-state index in [1.54, 1.807) is 6.07 Å². The Balaban J connectivity index is 1.42. The molecular formula is C24H33F2N. The molecule has 0 aliphatic heterocycles. The summed E-state index contributed by atoms with van der Waals surface area (Å²) in [5, 5.41) is 8.77. The molecule has 0 spiro atoms. The molecule has 2 saturated carbocycles. The fourth-order valence-corrected chi connectivity index (χ4v) is 5.55. The molecule has 2 aliphatic rings. The Morgan fingerprint density at radius 1 is 0.852 bits per heavy atom. The standard InChI is InChI=1S/C24H33F2N/c1-2-3-17-6-10-20(11-7-17)21-12-8-18(9-13-21)4-5-19-14-23(25)22(16-27)24(26)15-19/h14-15,17-18,20-21H,2-13H2,1H3/t17-,18-,20-,21-. The molecule has 3 heteroatoms. The molecule has 148 valence electrons. The van der Waals surface area contributed by atoms with Crippen LogP contribution in [0.25, 0.3) is 0 Å².